The summed E-state index contributed by atoms with van der Waals surface area (Å²) >= 11 is 0. The van der Waals surface area contributed by atoms with Crippen molar-refractivity contribution in [1.82, 2.24) is 9.80 Å². The van der Waals surface area contributed by atoms with E-state index in [1.54, 1.807) is 21.3 Å². The fraction of sp³-hybridized carbons (Fsp3) is 0.400. The molecule has 200 valence electrons. The molecule has 0 amide bonds. The van der Waals surface area contributed by atoms with Crippen LogP contribution in [0.3, 0.4) is 0 Å². The minimum Gasteiger partial charge on any atom is -0.496 e. The molecule has 3 aromatic carbocycles. The number of piperazine rings is 1. The molecule has 0 N–H and O–H groups in total. The Labute approximate surface area is 233 Å². The number of fused-ring (bicyclic) bond motifs is 1. The zero-order valence-corrected chi connectivity index (χ0v) is 23.5. The van der Waals surface area contributed by atoms with Gasteiger partial charge in [0.05, 0.1) is 26.9 Å². The first-order valence-corrected chi connectivity index (χ1v) is 12.6. The van der Waals surface area contributed by atoms with Gasteiger partial charge in [-0.3, -0.25) is 9.80 Å². The third kappa shape index (κ3) is 6.18. The molecule has 2 saturated heterocycles. The van der Waals surface area contributed by atoms with Crippen LogP contribution < -0.4 is 14.2 Å². The lowest BCUT2D eigenvalue weighted by Gasteiger charge is -2.47. The van der Waals surface area contributed by atoms with Gasteiger partial charge in [0.1, 0.15) is 17.2 Å². The molecule has 0 aromatic heterocycles. The van der Waals surface area contributed by atoms with Crippen molar-refractivity contribution in [3.05, 3.63) is 89.5 Å². The number of methoxy groups -OCH3 is 3. The molecule has 2 aliphatic rings. The highest BCUT2D eigenvalue weighted by molar-refractivity contribution is 5.85. The highest BCUT2D eigenvalue weighted by atomic mass is 35.5. The molecule has 0 saturated carbocycles. The van der Waals surface area contributed by atoms with Crippen LogP contribution >= 0.6 is 24.8 Å². The van der Waals surface area contributed by atoms with E-state index in [0.29, 0.717) is 18.0 Å². The lowest BCUT2D eigenvalue weighted by atomic mass is 9.82. The molecule has 2 heterocycles. The van der Waals surface area contributed by atoms with Crippen molar-refractivity contribution in [3.8, 4) is 17.2 Å². The summed E-state index contributed by atoms with van der Waals surface area (Å²) in [5.41, 5.74) is 3.85. The normalized spacial score (nSPS) is 19.5. The molecular weight excluding hydrogens is 507 g/mol. The number of benzene rings is 3. The zero-order valence-electron chi connectivity index (χ0n) is 21.8. The molecule has 3 aromatic rings. The molecule has 2 unspecified atom stereocenters. The van der Waals surface area contributed by atoms with Gasteiger partial charge in [-0.05, 0) is 30.5 Å². The summed E-state index contributed by atoms with van der Waals surface area (Å²) in [6.07, 6.45) is 2.51. The molecule has 2 fully saturated rings. The summed E-state index contributed by atoms with van der Waals surface area (Å²) in [4.78, 5) is 5.38. The van der Waals surface area contributed by atoms with E-state index >= 15 is 0 Å². The second-order valence-electron chi connectivity index (χ2n) is 9.60. The minimum atomic E-state index is 0. The van der Waals surface area contributed by atoms with E-state index in [1.165, 1.54) is 30.5 Å². The lowest BCUT2D eigenvalue weighted by Crippen LogP contribution is -2.57. The Bertz CT molecular complexity index is 1050. The summed E-state index contributed by atoms with van der Waals surface area (Å²) in [6.45, 7) is 4.01. The Morgan fingerprint density at radius 2 is 1.35 bits per heavy atom. The van der Waals surface area contributed by atoms with Crippen molar-refractivity contribution in [3.63, 3.8) is 0 Å². The fourth-order valence-electron chi connectivity index (χ4n) is 6.07. The number of hydrogen-bond acceptors (Lipinski definition) is 5. The molecule has 0 radical (unpaired) electrons. The Morgan fingerprint density at radius 1 is 0.784 bits per heavy atom. The first-order chi connectivity index (χ1) is 17.2. The molecule has 2 aliphatic heterocycles. The average molecular weight is 546 g/mol. The molecule has 5 rings (SSSR count). The maximum Gasteiger partial charge on any atom is 0.130 e. The predicted molar refractivity (Wildman–Crippen MR) is 154 cm³/mol. The first kappa shape index (κ1) is 29.1. The van der Waals surface area contributed by atoms with Crippen LogP contribution in [0.15, 0.2) is 72.8 Å². The molecule has 7 heteroatoms. The van der Waals surface area contributed by atoms with Gasteiger partial charge in [0.25, 0.3) is 0 Å². The van der Waals surface area contributed by atoms with Gasteiger partial charge in [-0.15, -0.1) is 24.8 Å². The average Bonchev–Trinajstić information content (AvgIpc) is 3.39. The van der Waals surface area contributed by atoms with Crippen molar-refractivity contribution < 1.29 is 14.2 Å². The summed E-state index contributed by atoms with van der Waals surface area (Å²) < 4.78 is 17.0. The van der Waals surface area contributed by atoms with Crippen molar-refractivity contribution in [2.75, 3.05) is 41.0 Å². The largest absolute Gasteiger partial charge is 0.496 e. The maximum atomic E-state index is 5.77. The molecule has 2 atom stereocenters. The molecule has 0 bridgehead atoms. The van der Waals surface area contributed by atoms with E-state index in [0.717, 1.165) is 42.4 Å². The van der Waals surface area contributed by atoms with Crippen LogP contribution in [0.5, 0.6) is 17.2 Å². The monoisotopic (exact) mass is 544 g/mol. The Balaban J connectivity index is 0.00000190. The van der Waals surface area contributed by atoms with Crippen molar-refractivity contribution in [2.45, 2.75) is 37.4 Å². The molecule has 0 aliphatic carbocycles. The highest BCUT2D eigenvalue weighted by Gasteiger charge is 2.42. The number of rotatable bonds is 8. The summed E-state index contributed by atoms with van der Waals surface area (Å²) in [5, 5.41) is 0. The van der Waals surface area contributed by atoms with Crippen LogP contribution in [0.4, 0.5) is 0 Å². The third-order valence-electron chi connectivity index (χ3n) is 7.66. The Hall–Kier alpha value is -2.44. The fourth-order valence-corrected chi connectivity index (χ4v) is 6.07. The Kier molecular flexibility index (Phi) is 10.5. The Morgan fingerprint density at radius 3 is 1.86 bits per heavy atom. The van der Waals surface area contributed by atoms with Crippen molar-refractivity contribution >= 4 is 24.8 Å². The van der Waals surface area contributed by atoms with Crippen LogP contribution in [0.2, 0.25) is 0 Å². The maximum absolute atomic E-state index is 5.77. The van der Waals surface area contributed by atoms with E-state index in [-0.39, 0.29) is 24.8 Å². The van der Waals surface area contributed by atoms with Gasteiger partial charge in [-0.1, -0.05) is 60.7 Å². The van der Waals surface area contributed by atoms with Crippen molar-refractivity contribution in [1.29, 1.82) is 0 Å². The van der Waals surface area contributed by atoms with Gasteiger partial charge in [0.2, 0.25) is 0 Å². The number of hydrogen-bond donors (Lipinski definition) is 0. The molecule has 0 spiro atoms. The van der Waals surface area contributed by atoms with Gasteiger partial charge in [-0.25, -0.2) is 0 Å². The predicted octanol–water partition coefficient (Wildman–Crippen LogP) is 6.04. The first-order valence-electron chi connectivity index (χ1n) is 12.6. The smallest absolute Gasteiger partial charge is 0.130 e. The van der Waals surface area contributed by atoms with Crippen molar-refractivity contribution in [2.24, 2.45) is 0 Å². The van der Waals surface area contributed by atoms with E-state index in [9.17, 15) is 0 Å². The SMILES string of the molecule is COc1cc(OC)c(CN2CC3CCCN3C(C(c3ccccc3)c3ccccc3)C2)c(OC)c1.Cl.Cl. The van der Waals surface area contributed by atoms with E-state index in [2.05, 4.69) is 70.5 Å². The molecule has 37 heavy (non-hydrogen) atoms. The standard InChI is InChI=1S/C30H36N2O3.2ClH/c1-33-25-17-28(34-2)26(29(18-25)35-3)20-31-19-24-15-10-16-32(24)27(21-31)30(22-11-6-4-7-12-22)23-13-8-5-9-14-23;;/h4-9,11-14,17-18,24,27,30H,10,15-16,19-21H2,1-3H3;2*1H. The second kappa shape index (κ2) is 13.4. The summed E-state index contributed by atoms with van der Waals surface area (Å²) in [7, 11) is 5.11. The zero-order chi connectivity index (χ0) is 24.2. The molecule has 5 nitrogen and oxygen atoms in total. The minimum absolute atomic E-state index is 0. The number of nitrogens with zero attached hydrogens (tertiary/aromatic N) is 2. The third-order valence-corrected chi connectivity index (χ3v) is 7.66. The van der Waals surface area contributed by atoms with Gasteiger partial charge in [0, 0.05) is 49.8 Å². The quantitative estimate of drug-likeness (QED) is 0.345. The van der Waals surface area contributed by atoms with Gasteiger partial charge in [-0.2, -0.15) is 0 Å². The van der Waals surface area contributed by atoms with Crippen LogP contribution in [0.1, 0.15) is 35.4 Å². The highest BCUT2D eigenvalue weighted by Crippen LogP contribution is 2.40. The summed E-state index contributed by atoms with van der Waals surface area (Å²) in [6, 6.07) is 26.9. The second-order valence-corrected chi connectivity index (χ2v) is 9.60. The topological polar surface area (TPSA) is 34.2 Å². The van der Waals surface area contributed by atoms with E-state index in [4.69, 9.17) is 14.2 Å². The molecular formula is C30H38Cl2N2O3. The van der Waals surface area contributed by atoms with Crippen LogP contribution in [0, 0.1) is 0 Å². The van der Waals surface area contributed by atoms with Gasteiger partial charge in [0.15, 0.2) is 0 Å². The van der Waals surface area contributed by atoms with E-state index < -0.39 is 0 Å². The summed E-state index contributed by atoms with van der Waals surface area (Å²) in [5.74, 6) is 2.69. The lowest BCUT2D eigenvalue weighted by molar-refractivity contribution is 0.0377. The number of ether oxygens (including phenoxy) is 3. The van der Waals surface area contributed by atoms with Gasteiger partial charge < -0.3 is 14.2 Å². The van der Waals surface area contributed by atoms with E-state index in [1.807, 2.05) is 12.1 Å². The van der Waals surface area contributed by atoms with Crippen LogP contribution in [-0.4, -0.2) is 62.8 Å². The van der Waals surface area contributed by atoms with Gasteiger partial charge >= 0.3 is 0 Å². The van der Waals surface area contributed by atoms with Crippen LogP contribution in [0.25, 0.3) is 0 Å². The van der Waals surface area contributed by atoms with Crippen LogP contribution in [-0.2, 0) is 6.54 Å². The number of halogens is 2.